The molecule has 0 radical (unpaired) electrons. The predicted molar refractivity (Wildman–Crippen MR) is 68.1 cm³/mol. The van der Waals surface area contributed by atoms with Crippen LogP contribution >= 0.6 is 11.6 Å². The molecule has 0 saturated carbocycles. The lowest BCUT2D eigenvalue weighted by molar-refractivity contribution is 0.112. The fourth-order valence-corrected chi connectivity index (χ4v) is 1.66. The van der Waals surface area contributed by atoms with E-state index in [-0.39, 0.29) is 5.82 Å². The van der Waals surface area contributed by atoms with Crippen molar-refractivity contribution >= 4 is 17.9 Å². The molecule has 0 amide bonds. The van der Waals surface area contributed by atoms with Crippen LogP contribution in [0.25, 0.3) is 0 Å². The number of carbonyl (C=O) groups excluding carboxylic acids is 1. The highest BCUT2D eigenvalue weighted by atomic mass is 35.5. The maximum absolute atomic E-state index is 13.1. The van der Waals surface area contributed by atoms with Crippen LogP contribution in [0.15, 0.2) is 36.4 Å². The summed E-state index contributed by atoms with van der Waals surface area (Å²) in [5.41, 5.74) is 0.864. The molecule has 2 aromatic carbocycles. The Morgan fingerprint density at radius 1 is 1.22 bits per heavy atom. The number of rotatable bonds is 3. The molecule has 0 atom stereocenters. The van der Waals surface area contributed by atoms with Crippen molar-refractivity contribution in [2.24, 2.45) is 0 Å². The smallest absolute Gasteiger partial charge is 0.153 e. The van der Waals surface area contributed by atoms with Crippen LogP contribution in [0.4, 0.5) is 4.39 Å². The van der Waals surface area contributed by atoms with E-state index in [0.717, 1.165) is 0 Å². The third-order valence-corrected chi connectivity index (χ3v) is 2.69. The van der Waals surface area contributed by atoms with Crippen molar-refractivity contribution in [1.29, 1.82) is 0 Å². The van der Waals surface area contributed by atoms with Crippen molar-refractivity contribution < 1.29 is 13.9 Å². The van der Waals surface area contributed by atoms with Gasteiger partial charge in [0.1, 0.15) is 17.3 Å². The molecule has 2 rings (SSSR count). The molecule has 0 N–H and O–H groups in total. The average molecular weight is 265 g/mol. The second kappa shape index (κ2) is 5.19. The average Bonchev–Trinajstić information content (AvgIpc) is 2.34. The Morgan fingerprint density at radius 2 is 2.00 bits per heavy atom. The van der Waals surface area contributed by atoms with E-state index in [1.54, 1.807) is 31.2 Å². The van der Waals surface area contributed by atoms with Gasteiger partial charge < -0.3 is 4.74 Å². The molecule has 4 heteroatoms. The Kier molecular flexibility index (Phi) is 3.63. The Balaban J connectivity index is 2.35. The zero-order valence-electron chi connectivity index (χ0n) is 9.61. The zero-order chi connectivity index (χ0) is 13.1. The molecule has 18 heavy (non-hydrogen) atoms. The molecule has 0 saturated heterocycles. The highest BCUT2D eigenvalue weighted by Crippen LogP contribution is 2.28. The lowest BCUT2D eigenvalue weighted by Gasteiger charge is -2.09. The van der Waals surface area contributed by atoms with Crippen LogP contribution in [0.2, 0.25) is 5.02 Å². The van der Waals surface area contributed by atoms with Gasteiger partial charge in [0.2, 0.25) is 0 Å². The second-order valence-electron chi connectivity index (χ2n) is 3.81. The van der Waals surface area contributed by atoms with Crippen LogP contribution in [0.5, 0.6) is 11.5 Å². The molecule has 0 aliphatic rings. The summed E-state index contributed by atoms with van der Waals surface area (Å²) in [4.78, 5) is 10.9. The lowest BCUT2D eigenvalue weighted by atomic mass is 10.2. The number of benzene rings is 2. The van der Waals surface area contributed by atoms with Gasteiger partial charge in [-0.05, 0) is 42.8 Å². The summed E-state index contributed by atoms with van der Waals surface area (Å²) >= 11 is 5.84. The van der Waals surface area contributed by atoms with Gasteiger partial charge in [-0.15, -0.1) is 0 Å². The van der Waals surface area contributed by atoms with Crippen molar-refractivity contribution in [2.45, 2.75) is 6.92 Å². The minimum absolute atomic E-state index is 0.302. The first kappa shape index (κ1) is 12.6. The zero-order valence-corrected chi connectivity index (χ0v) is 10.4. The first-order valence-electron chi connectivity index (χ1n) is 5.29. The molecular formula is C14H10ClFO2. The third kappa shape index (κ3) is 2.68. The molecule has 92 valence electrons. The minimum Gasteiger partial charge on any atom is -0.457 e. The van der Waals surface area contributed by atoms with Gasteiger partial charge in [0.05, 0.1) is 5.56 Å². The van der Waals surface area contributed by atoms with Crippen LogP contribution in [0, 0.1) is 12.7 Å². The normalized spacial score (nSPS) is 10.2. The molecule has 2 nitrogen and oxygen atoms in total. The van der Waals surface area contributed by atoms with Crippen molar-refractivity contribution in [2.75, 3.05) is 0 Å². The Hall–Kier alpha value is -1.87. The van der Waals surface area contributed by atoms with Crippen molar-refractivity contribution in [1.82, 2.24) is 0 Å². The highest BCUT2D eigenvalue weighted by molar-refractivity contribution is 6.30. The van der Waals surface area contributed by atoms with E-state index in [2.05, 4.69) is 0 Å². The van der Waals surface area contributed by atoms with Crippen LogP contribution in [-0.4, -0.2) is 6.29 Å². The summed E-state index contributed by atoms with van der Waals surface area (Å²) in [5.74, 6) is 0.506. The topological polar surface area (TPSA) is 26.3 Å². The summed E-state index contributed by atoms with van der Waals surface area (Å²) in [6.07, 6.45) is 0.683. The molecule has 0 spiro atoms. The standard InChI is InChI=1S/C14H10ClFO2/c1-9-6-12(4-5-13(9)16)18-14-7-11(15)3-2-10(14)8-17/h2-8H,1H3. The second-order valence-corrected chi connectivity index (χ2v) is 4.25. The first-order valence-corrected chi connectivity index (χ1v) is 5.66. The lowest BCUT2D eigenvalue weighted by Crippen LogP contribution is -1.91. The molecule has 0 aliphatic heterocycles. The van der Waals surface area contributed by atoms with Gasteiger partial charge >= 0.3 is 0 Å². The van der Waals surface area contributed by atoms with Gasteiger partial charge in [0.25, 0.3) is 0 Å². The van der Waals surface area contributed by atoms with Crippen LogP contribution in [0.3, 0.4) is 0 Å². The highest BCUT2D eigenvalue weighted by Gasteiger charge is 2.06. The van der Waals surface area contributed by atoms with Crippen LogP contribution in [-0.2, 0) is 0 Å². The molecule has 0 heterocycles. The summed E-state index contributed by atoms with van der Waals surface area (Å²) < 4.78 is 18.6. The number of ether oxygens (including phenoxy) is 1. The predicted octanol–water partition coefficient (Wildman–Crippen LogP) is 4.39. The first-order chi connectivity index (χ1) is 8.60. The van der Waals surface area contributed by atoms with Crippen LogP contribution < -0.4 is 4.74 Å². The van der Waals surface area contributed by atoms with E-state index < -0.39 is 0 Å². The van der Waals surface area contributed by atoms with E-state index in [1.165, 1.54) is 12.1 Å². The van der Waals surface area contributed by atoms with E-state index in [9.17, 15) is 9.18 Å². The molecule has 0 aliphatic carbocycles. The Bertz CT molecular complexity index is 596. The summed E-state index contributed by atoms with van der Waals surface area (Å²) in [6, 6.07) is 9.09. The number of carbonyl (C=O) groups is 1. The number of hydrogen-bond donors (Lipinski definition) is 0. The van der Waals surface area contributed by atoms with Crippen LogP contribution in [0.1, 0.15) is 15.9 Å². The van der Waals surface area contributed by atoms with E-state index in [4.69, 9.17) is 16.3 Å². The van der Waals surface area contributed by atoms with Gasteiger partial charge in [0.15, 0.2) is 6.29 Å². The number of aryl methyl sites for hydroxylation is 1. The Morgan fingerprint density at radius 3 is 2.67 bits per heavy atom. The summed E-state index contributed by atoms with van der Waals surface area (Å²) in [7, 11) is 0. The molecular weight excluding hydrogens is 255 g/mol. The van der Waals surface area contributed by atoms with Gasteiger partial charge in [0, 0.05) is 11.1 Å². The molecule has 0 fully saturated rings. The van der Waals surface area contributed by atoms with Gasteiger partial charge in [-0.25, -0.2) is 4.39 Å². The number of aldehydes is 1. The largest absolute Gasteiger partial charge is 0.457 e. The summed E-state index contributed by atoms with van der Waals surface area (Å²) in [6.45, 7) is 1.64. The molecule has 0 aromatic heterocycles. The molecule has 0 bridgehead atoms. The number of halogens is 2. The SMILES string of the molecule is Cc1cc(Oc2cc(Cl)ccc2C=O)ccc1F. The van der Waals surface area contributed by atoms with Gasteiger partial charge in [-0.2, -0.15) is 0 Å². The van der Waals surface area contributed by atoms with Crippen molar-refractivity contribution in [3.8, 4) is 11.5 Å². The van der Waals surface area contributed by atoms with E-state index >= 15 is 0 Å². The Labute approximate surface area is 109 Å². The quantitative estimate of drug-likeness (QED) is 0.769. The van der Waals surface area contributed by atoms with Gasteiger partial charge in [-0.3, -0.25) is 4.79 Å². The molecule has 0 unspecified atom stereocenters. The van der Waals surface area contributed by atoms with E-state index in [1.807, 2.05) is 0 Å². The minimum atomic E-state index is -0.302. The van der Waals surface area contributed by atoms with Crippen molar-refractivity contribution in [3.63, 3.8) is 0 Å². The maximum atomic E-state index is 13.1. The summed E-state index contributed by atoms with van der Waals surface area (Å²) in [5, 5.41) is 0.467. The van der Waals surface area contributed by atoms with Gasteiger partial charge in [-0.1, -0.05) is 11.6 Å². The fourth-order valence-electron chi connectivity index (χ4n) is 1.50. The number of hydrogen-bond acceptors (Lipinski definition) is 2. The monoisotopic (exact) mass is 264 g/mol. The molecule has 2 aromatic rings. The maximum Gasteiger partial charge on any atom is 0.153 e. The van der Waals surface area contributed by atoms with E-state index in [0.29, 0.717) is 33.9 Å². The third-order valence-electron chi connectivity index (χ3n) is 2.46. The fraction of sp³-hybridized carbons (Fsp3) is 0.0714. The van der Waals surface area contributed by atoms with Crippen molar-refractivity contribution in [3.05, 3.63) is 58.4 Å².